The highest BCUT2D eigenvalue weighted by Crippen LogP contribution is 2.34. The van der Waals surface area contributed by atoms with E-state index >= 15 is 0 Å². The molecule has 2 heterocycles. The van der Waals surface area contributed by atoms with Crippen molar-refractivity contribution in [2.45, 2.75) is 52.6 Å². The third kappa shape index (κ3) is 2.06. The van der Waals surface area contributed by atoms with Gasteiger partial charge < -0.3 is 10.3 Å². The van der Waals surface area contributed by atoms with Gasteiger partial charge in [-0.25, -0.2) is 4.98 Å². The monoisotopic (exact) mass is 269 g/mol. The summed E-state index contributed by atoms with van der Waals surface area (Å²) < 4.78 is 2.35. The summed E-state index contributed by atoms with van der Waals surface area (Å²) in [4.78, 5) is 4.95. The average Bonchev–Trinajstić information content (AvgIpc) is 2.78. The smallest absolute Gasteiger partial charge is 0.112 e. The van der Waals surface area contributed by atoms with Crippen LogP contribution in [0.25, 0.3) is 11.3 Å². The first-order chi connectivity index (χ1) is 9.61. The van der Waals surface area contributed by atoms with Crippen molar-refractivity contribution in [3.8, 4) is 11.3 Å². The van der Waals surface area contributed by atoms with Gasteiger partial charge in [0.15, 0.2) is 0 Å². The lowest BCUT2D eigenvalue weighted by Gasteiger charge is -2.21. The highest BCUT2D eigenvalue weighted by atomic mass is 15.1. The normalized spacial score (nSPS) is 18.1. The highest BCUT2D eigenvalue weighted by molar-refractivity contribution is 5.67. The van der Waals surface area contributed by atoms with E-state index in [0.29, 0.717) is 12.5 Å². The number of aryl methyl sites for hydroxylation is 2. The Bertz CT molecular complexity index is 640. The molecular weight excluding hydrogens is 246 g/mol. The molecule has 0 aliphatic carbocycles. The number of nitrogens with zero attached hydrogens (tertiary/aromatic N) is 2. The summed E-state index contributed by atoms with van der Waals surface area (Å²) in [6, 6.07) is 6.56. The Morgan fingerprint density at radius 2 is 2.15 bits per heavy atom. The maximum Gasteiger partial charge on any atom is 0.112 e. The van der Waals surface area contributed by atoms with E-state index in [4.69, 9.17) is 10.7 Å². The number of imidazole rings is 1. The van der Waals surface area contributed by atoms with Gasteiger partial charge in [-0.15, -0.1) is 0 Å². The number of nitrogens with two attached hydrogens (primary N) is 1. The van der Waals surface area contributed by atoms with Gasteiger partial charge in [0, 0.05) is 24.6 Å². The van der Waals surface area contributed by atoms with Crippen LogP contribution in [0.2, 0.25) is 0 Å². The summed E-state index contributed by atoms with van der Waals surface area (Å²) in [5, 5.41) is 0. The number of hydrogen-bond acceptors (Lipinski definition) is 2. The molecule has 106 valence electrons. The number of aromatic nitrogens is 2. The Morgan fingerprint density at radius 1 is 1.35 bits per heavy atom. The van der Waals surface area contributed by atoms with Crippen molar-refractivity contribution >= 4 is 0 Å². The minimum Gasteiger partial charge on any atom is -0.330 e. The Labute approximate surface area is 120 Å². The van der Waals surface area contributed by atoms with Crippen LogP contribution in [0.1, 0.15) is 48.3 Å². The molecule has 1 aliphatic rings. The second kappa shape index (κ2) is 5.06. The topological polar surface area (TPSA) is 43.8 Å². The molecule has 3 rings (SSSR count). The van der Waals surface area contributed by atoms with Crippen molar-refractivity contribution in [1.29, 1.82) is 0 Å². The van der Waals surface area contributed by atoms with Gasteiger partial charge in [-0.05, 0) is 32.3 Å². The zero-order valence-electron chi connectivity index (χ0n) is 12.6. The van der Waals surface area contributed by atoms with Gasteiger partial charge in [0.25, 0.3) is 0 Å². The minimum atomic E-state index is 0.536. The molecule has 20 heavy (non-hydrogen) atoms. The van der Waals surface area contributed by atoms with Crippen molar-refractivity contribution in [2.75, 3.05) is 0 Å². The number of rotatable bonds is 2. The fourth-order valence-electron chi connectivity index (χ4n) is 3.32. The molecule has 0 bridgehead atoms. The van der Waals surface area contributed by atoms with Gasteiger partial charge >= 0.3 is 0 Å². The lowest BCUT2D eigenvalue weighted by molar-refractivity contribution is 0.454. The second-order valence-corrected chi connectivity index (χ2v) is 5.98. The van der Waals surface area contributed by atoms with Crippen LogP contribution in [0.5, 0.6) is 0 Å². The molecule has 1 atom stereocenters. The first kappa shape index (κ1) is 13.4. The molecule has 0 saturated carbocycles. The first-order valence-electron chi connectivity index (χ1n) is 7.48. The van der Waals surface area contributed by atoms with Gasteiger partial charge in [-0.3, -0.25) is 0 Å². The van der Waals surface area contributed by atoms with Gasteiger partial charge in [0.1, 0.15) is 5.82 Å². The Kier molecular flexibility index (Phi) is 3.38. The van der Waals surface area contributed by atoms with E-state index in [1.165, 1.54) is 41.1 Å². The van der Waals surface area contributed by atoms with Crippen molar-refractivity contribution in [1.82, 2.24) is 9.55 Å². The van der Waals surface area contributed by atoms with Crippen LogP contribution in [-0.4, -0.2) is 9.55 Å². The molecule has 0 saturated heterocycles. The molecule has 0 amide bonds. The van der Waals surface area contributed by atoms with Crippen LogP contribution in [0.15, 0.2) is 18.2 Å². The molecule has 1 unspecified atom stereocenters. The number of hydrogen-bond donors (Lipinski definition) is 1. The van der Waals surface area contributed by atoms with E-state index in [0.717, 1.165) is 12.2 Å². The van der Waals surface area contributed by atoms with Gasteiger partial charge in [0.05, 0.1) is 11.4 Å². The van der Waals surface area contributed by atoms with Crippen molar-refractivity contribution in [3.63, 3.8) is 0 Å². The Morgan fingerprint density at radius 3 is 2.85 bits per heavy atom. The third-order valence-corrected chi connectivity index (χ3v) is 4.39. The summed E-state index contributed by atoms with van der Waals surface area (Å²) >= 11 is 0. The summed E-state index contributed by atoms with van der Waals surface area (Å²) in [6.07, 6.45) is 2.46. The predicted molar refractivity (Wildman–Crippen MR) is 82.7 cm³/mol. The standard InChI is InChI=1S/C17H23N3/c1-11-6-7-14(13(3)9-11)16-15(10-18)20-8-4-5-12(2)17(20)19-16/h6-7,9,12H,4-5,8,10,18H2,1-3H3. The van der Waals surface area contributed by atoms with Gasteiger partial charge in [0.2, 0.25) is 0 Å². The lowest BCUT2D eigenvalue weighted by atomic mass is 10.0. The minimum absolute atomic E-state index is 0.536. The van der Waals surface area contributed by atoms with Crippen molar-refractivity contribution < 1.29 is 0 Å². The van der Waals surface area contributed by atoms with E-state index < -0.39 is 0 Å². The Hall–Kier alpha value is -1.61. The molecule has 3 heteroatoms. The summed E-state index contributed by atoms with van der Waals surface area (Å²) in [5.41, 5.74) is 12.1. The second-order valence-electron chi connectivity index (χ2n) is 5.98. The fraction of sp³-hybridized carbons (Fsp3) is 0.471. The summed E-state index contributed by atoms with van der Waals surface area (Å²) in [5.74, 6) is 1.75. The predicted octanol–water partition coefficient (Wildman–Crippen LogP) is 3.52. The maximum absolute atomic E-state index is 6.02. The van der Waals surface area contributed by atoms with Crippen LogP contribution in [-0.2, 0) is 13.1 Å². The van der Waals surface area contributed by atoms with Crippen LogP contribution in [0.3, 0.4) is 0 Å². The third-order valence-electron chi connectivity index (χ3n) is 4.39. The zero-order valence-corrected chi connectivity index (χ0v) is 12.6. The van der Waals surface area contributed by atoms with E-state index in [1.54, 1.807) is 0 Å². The van der Waals surface area contributed by atoms with Gasteiger partial charge in [-0.2, -0.15) is 0 Å². The number of fused-ring (bicyclic) bond motifs is 1. The Balaban J connectivity index is 2.18. The molecule has 1 aliphatic heterocycles. The van der Waals surface area contributed by atoms with Crippen molar-refractivity contribution in [3.05, 3.63) is 40.8 Å². The SMILES string of the molecule is Cc1ccc(-c2nc3n(c2CN)CCCC3C)c(C)c1. The van der Waals surface area contributed by atoms with E-state index in [2.05, 4.69) is 43.5 Å². The molecule has 2 N–H and O–H groups in total. The molecule has 0 fully saturated rings. The number of benzene rings is 1. The highest BCUT2D eigenvalue weighted by Gasteiger charge is 2.24. The fourth-order valence-corrected chi connectivity index (χ4v) is 3.32. The average molecular weight is 269 g/mol. The molecule has 0 radical (unpaired) electrons. The molecular formula is C17H23N3. The molecule has 3 nitrogen and oxygen atoms in total. The quantitative estimate of drug-likeness (QED) is 0.906. The van der Waals surface area contributed by atoms with Crippen LogP contribution < -0.4 is 5.73 Å². The van der Waals surface area contributed by atoms with Crippen LogP contribution in [0.4, 0.5) is 0 Å². The van der Waals surface area contributed by atoms with Gasteiger partial charge in [-0.1, -0.05) is 30.7 Å². The molecule has 1 aromatic heterocycles. The van der Waals surface area contributed by atoms with Crippen molar-refractivity contribution in [2.24, 2.45) is 5.73 Å². The molecule has 0 spiro atoms. The van der Waals surface area contributed by atoms with Crippen LogP contribution >= 0.6 is 0 Å². The lowest BCUT2D eigenvalue weighted by Crippen LogP contribution is -2.17. The molecule has 2 aromatic rings. The summed E-state index contributed by atoms with van der Waals surface area (Å²) in [7, 11) is 0. The van der Waals surface area contributed by atoms with E-state index in [-0.39, 0.29) is 0 Å². The largest absolute Gasteiger partial charge is 0.330 e. The van der Waals surface area contributed by atoms with E-state index in [9.17, 15) is 0 Å². The maximum atomic E-state index is 6.02. The summed E-state index contributed by atoms with van der Waals surface area (Å²) in [6.45, 7) is 8.17. The first-order valence-corrected chi connectivity index (χ1v) is 7.48. The van der Waals surface area contributed by atoms with Crippen LogP contribution in [0, 0.1) is 13.8 Å². The molecule has 1 aromatic carbocycles. The zero-order chi connectivity index (χ0) is 14.3. The van der Waals surface area contributed by atoms with E-state index in [1.807, 2.05) is 0 Å².